The van der Waals surface area contributed by atoms with Crippen molar-refractivity contribution in [2.24, 2.45) is 0 Å². The lowest BCUT2D eigenvalue weighted by Crippen LogP contribution is -2.11. The van der Waals surface area contributed by atoms with Gasteiger partial charge in [0.15, 0.2) is 0 Å². The fourth-order valence-corrected chi connectivity index (χ4v) is 3.83. The molecule has 0 aliphatic rings. The molecule has 0 spiro atoms. The molecule has 4 aromatic rings. The smallest absolute Gasteiger partial charge is 0.258 e. The number of tetrazole rings is 1. The van der Waals surface area contributed by atoms with Gasteiger partial charge in [0.25, 0.3) is 5.56 Å². The summed E-state index contributed by atoms with van der Waals surface area (Å²) in [5.74, 6) is 0.981. The van der Waals surface area contributed by atoms with Gasteiger partial charge in [0.05, 0.1) is 22.3 Å². The van der Waals surface area contributed by atoms with Gasteiger partial charge in [0.1, 0.15) is 5.82 Å². The Morgan fingerprint density at radius 2 is 1.96 bits per heavy atom. The lowest BCUT2D eigenvalue weighted by molar-refractivity contribution is 0.747. The van der Waals surface area contributed by atoms with Crippen LogP contribution in [0.15, 0.2) is 46.3 Å². The van der Waals surface area contributed by atoms with E-state index in [1.165, 1.54) is 11.8 Å². The van der Waals surface area contributed by atoms with E-state index >= 15 is 0 Å². The molecule has 0 amide bonds. The van der Waals surface area contributed by atoms with Gasteiger partial charge >= 0.3 is 0 Å². The Morgan fingerprint density at radius 1 is 1.19 bits per heavy atom. The molecule has 0 saturated heterocycles. The molecular weight excluding hydrogens is 384 g/mol. The molecular formula is C18H15ClN6OS. The molecule has 0 aliphatic carbocycles. The third-order valence-electron chi connectivity index (χ3n) is 4.15. The van der Waals surface area contributed by atoms with Crippen LogP contribution in [0.1, 0.15) is 17.0 Å². The summed E-state index contributed by atoms with van der Waals surface area (Å²) in [4.78, 5) is 19.6. The van der Waals surface area contributed by atoms with Crippen LogP contribution < -0.4 is 5.56 Å². The number of nitrogens with zero attached hydrogens (tertiary/aromatic N) is 5. The SMILES string of the molecule is Cc1cccc(C)c1-n1nnnc1SCc1nc2ccc(Cl)cc2c(=O)[nH]1. The summed E-state index contributed by atoms with van der Waals surface area (Å²) >= 11 is 7.36. The summed E-state index contributed by atoms with van der Waals surface area (Å²) in [5, 5.41) is 13.6. The number of benzene rings is 2. The Bertz CT molecular complexity index is 1180. The first kappa shape index (κ1) is 17.7. The zero-order valence-corrected chi connectivity index (χ0v) is 16.2. The van der Waals surface area contributed by atoms with Gasteiger partial charge < -0.3 is 4.98 Å². The van der Waals surface area contributed by atoms with Crippen LogP contribution in [0.3, 0.4) is 0 Å². The number of rotatable bonds is 4. The molecule has 2 heterocycles. The first-order valence-corrected chi connectivity index (χ1v) is 9.55. The number of halogens is 1. The van der Waals surface area contributed by atoms with Crippen molar-refractivity contribution in [1.29, 1.82) is 0 Å². The van der Waals surface area contributed by atoms with E-state index in [0.29, 0.717) is 32.7 Å². The van der Waals surface area contributed by atoms with Gasteiger partial charge in [-0.3, -0.25) is 4.79 Å². The van der Waals surface area contributed by atoms with Gasteiger partial charge in [-0.25, -0.2) is 4.98 Å². The van der Waals surface area contributed by atoms with Crippen molar-refractivity contribution in [2.45, 2.75) is 24.8 Å². The molecule has 7 nitrogen and oxygen atoms in total. The van der Waals surface area contributed by atoms with E-state index in [1.54, 1.807) is 22.9 Å². The summed E-state index contributed by atoms with van der Waals surface area (Å²) in [6.45, 7) is 4.04. The maximum Gasteiger partial charge on any atom is 0.258 e. The molecule has 0 bridgehead atoms. The van der Waals surface area contributed by atoms with Crippen LogP contribution >= 0.6 is 23.4 Å². The molecule has 0 saturated carbocycles. The largest absolute Gasteiger partial charge is 0.309 e. The number of thioether (sulfide) groups is 1. The number of aromatic amines is 1. The molecule has 0 radical (unpaired) electrons. The fourth-order valence-electron chi connectivity index (χ4n) is 2.91. The summed E-state index contributed by atoms with van der Waals surface area (Å²) < 4.78 is 1.72. The molecule has 27 heavy (non-hydrogen) atoms. The van der Waals surface area contributed by atoms with Crippen molar-refractivity contribution in [3.8, 4) is 5.69 Å². The average molecular weight is 399 g/mol. The molecule has 0 atom stereocenters. The lowest BCUT2D eigenvalue weighted by atomic mass is 10.1. The first-order chi connectivity index (χ1) is 13.0. The maximum atomic E-state index is 12.3. The standard InChI is InChI=1S/C18H15ClN6OS/c1-10-4-3-5-11(2)16(10)25-18(22-23-24-25)27-9-15-20-14-7-6-12(19)8-13(14)17(26)21-15/h3-8H,9H2,1-2H3,(H,20,21,26). The highest BCUT2D eigenvalue weighted by molar-refractivity contribution is 7.98. The van der Waals surface area contributed by atoms with Crippen LogP contribution in [0.4, 0.5) is 0 Å². The monoisotopic (exact) mass is 398 g/mol. The first-order valence-electron chi connectivity index (χ1n) is 8.19. The van der Waals surface area contributed by atoms with Gasteiger partial charge in [-0.2, -0.15) is 4.68 Å². The fraction of sp³-hybridized carbons (Fsp3) is 0.167. The Kier molecular flexibility index (Phi) is 4.67. The van der Waals surface area contributed by atoms with Gasteiger partial charge in [0, 0.05) is 5.02 Å². The summed E-state index contributed by atoms with van der Waals surface area (Å²) in [5.41, 5.74) is 3.51. The number of aromatic nitrogens is 6. The topological polar surface area (TPSA) is 89.3 Å². The molecule has 9 heteroatoms. The number of hydrogen-bond donors (Lipinski definition) is 1. The quantitative estimate of drug-likeness (QED) is 0.529. The van der Waals surface area contributed by atoms with Crippen molar-refractivity contribution in [3.05, 3.63) is 68.7 Å². The van der Waals surface area contributed by atoms with E-state index in [4.69, 9.17) is 11.6 Å². The highest BCUT2D eigenvalue weighted by Gasteiger charge is 2.14. The minimum absolute atomic E-state index is 0.215. The highest BCUT2D eigenvalue weighted by atomic mass is 35.5. The van der Waals surface area contributed by atoms with Gasteiger partial charge in [0.2, 0.25) is 5.16 Å². The van der Waals surface area contributed by atoms with E-state index in [1.807, 2.05) is 32.0 Å². The lowest BCUT2D eigenvalue weighted by Gasteiger charge is -2.10. The summed E-state index contributed by atoms with van der Waals surface area (Å²) in [6, 6.07) is 11.1. The summed E-state index contributed by atoms with van der Waals surface area (Å²) in [6.07, 6.45) is 0. The van der Waals surface area contributed by atoms with Crippen LogP contribution in [0, 0.1) is 13.8 Å². The van der Waals surface area contributed by atoms with Crippen molar-refractivity contribution in [2.75, 3.05) is 0 Å². The van der Waals surface area contributed by atoms with Crippen LogP contribution in [0.5, 0.6) is 0 Å². The molecule has 1 N–H and O–H groups in total. The molecule has 136 valence electrons. The molecule has 2 aromatic carbocycles. The number of hydrogen-bond acceptors (Lipinski definition) is 6. The number of fused-ring (bicyclic) bond motifs is 1. The Hall–Kier alpha value is -2.71. The van der Waals surface area contributed by atoms with Crippen molar-refractivity contribution in [1.82, 2.24) is 30.2 Å². The molecule has 4 rings (SSSR count). The second-order valence-electron chi connectivity index (χ2n) is 6.08. The predicted octanol–water partition coefficient (Wildman–Crippen LogP) is 3.46. The maximum absolute atomic E-state index is 12.3. The van der Waals surface area contributed by atoms with Gasteiger partial charge in [-0.15, -0.1) is 5.10 Å². The molecule has 2 aromatic heterocycles. The zero-order valence-electron chi connectivity index (χ0n) is 14.6. The number of H-pyrrole nitrogens is 1. The number of para-hydroxylation sites is 1. The Morgan fingerprint density at radius 3 is 2.74 bits per heavy atom. The van der Waals surface area contributed by atoms with Gasteiger partial charge in [-0.1, -0.05) is 41.6 Å². The van der Waals surface area contributed by atoms with Crippen LogP contribution in [0.25, 0.3) is 16.6 Å². The van der Waals surface area contributed by atoms with Gasteiger partial charge in [-0.05, 0) is 53.6 Å². The van der Waals surface area contributed by atoms with Crippen LogP contribution in [-0.2, 0) is 5.75 Å². The second kappa shape index (κ2) is 7.13. The normalized spacial score (nSPS) is 11.2. The van der Waals surface area contributed by atoms with E-state index in [2.05, 4.69) is 25.5 Å². The van der Waals surface area contributed by atoms with E-state index in [-0.39, 0.29) is 5.56 Å². The Balaban J connectivity index is 1.64. The number of nitrogens with one attached hydrogen (secondary N) is 1. The van der Waals surface area contributed by atoms with Crippen molar-refractivity contribution >= 4 is 34.3 Å². The third kappa shape index (κ3) is 3.45. The number of aryl methyl sites for hydroxylation is 2. The Labute approximate surface area is 163 Å². The van der Waals surface area contributed by atoms with Crippen molar-refractivity contribution < 1.29 is 0 Å². The predicted molar refractivity (Wildman–Crippen MR) is 106 cm³/mol. The minimum atomic E-state index is -0.215. The molecule has 0 aliphatic heterocycles. The average Bonchev–Trinajstić information content (AvgIpc) is 3.09. The molecule has 0 unspecified atom stereocenters. The zero-order chi connectivity index (χ0) is 19.0. The van der Waals surface area contributed by atoms with Crippen molar-refractivity contribution in [3.63, 3.8) is 0 Å². The van der Waals surface area contributed by atoms with Crippen LogP contribution in [-0.4, -0.2) is 30.2 Å². The van der Waals surface area contributed by atoms with E-state index in [0.717, 1.165) is 16.8 Å². The molecule has 0 fully saturated rings. The second-order valence-corrected chi connectivity index (χ2v) is 7.46. The van der Waals surface area contributed by atoms with E-state index < -0.39 is 0 Å². The van der Waals surface area contributed by atoms with Crippen LogP contribution in [0.2, 0.25) is 5.02 Å². The summed E-state index contributed by atoms with van der Waals surface area (Å²) in [7, 11) is 0. The highest BCUT2D eigenvalue weighted by Crippen LogP contribution is 2.25. The minimum Gasteiger partial charge on any atom is -0.309 e. The third-order valence-corrected chi connectivity index (χ3v) is 5.31. The van der Waals surface area contributed by atoms with E-state index in [9.17, 15) is 4.79 Å².